The minimum atomic E-state index is 0.0176. The number of aliphatic hydroxyl groups is 1. The highest BCUT2D eigenvalue weighted by molar-refractivity contribution is 7.16. The van der Waals surface area contributed by atoms with Crippen molar-refractivity contribution >= 4 is 33.2 Å². The van der Waals surface area contributed by atoms with Crippen LogP contribution in [0, 0.1) is 5.51 Å². The van der Waals surface area contributed by atoms with Gasteiger partial charge in [-0.1, -0.05) is 17.7 Å². The van der Waals surface area contributed by atoms with Crippen molar-refractivity contribution in [1.82, 2.24) is 4.98 Å². The summed E-state index contributed by atoms with van der Waals surface area (Å²) >= 11 is 7.24. The van der Waals surface area contributed by atoms with Gasteiger partial charge in [-0.3, -0.25) is 0 Å². The molecule has 0 saturated heterocycles. The number of hydrogen-bond donors (Lipinski definition) is 1. The second kappa shape index (κ2) is 3.01. The van der Waals surface area contributed by atoms with E-state index in [2.05, 4.69) is 10.5 Å². The van der Waals surface area contributed by atoms with Crippen LogP contribution in [0.5, 0.6) is 0 Å². The van der Waals surface area contributed by atoms with E-state index in [1.54, 1.807) is 12.1 Å². The van der Waals surface area contributed by atoms with Crippen LogP contribution in [0.1, 0.15) is 5.56 Å². The molecule has 1 aromatic carbocycles. The summed E-state index contributed by atoms with van der Waals surface area (Å²) in [5, 5.41) is 9.58. The van der Waals surface area contributed by atoms with E-state index in [1.807, 2.05) is 0 Å². The number of fused-ring (bicyclic) bond motifs is 1. The normalized spacial score (nSPS) is 10.8. The zero-order chi connectivity index (χ0) is 8.55. The molecule has 2 aromatic rings. The number of halogens is 1. The maximum Gasteiger partial charge on any atom is 0.153 e. The molecule has 1 radical (unpaired) electrons. The zero-order valence-electron chi connectivity index (χ0n) is 6.04. The Hall–Kier alpha value is -0.640. The molecule has 2 nitrogen and oxygen atoms in total. The number of aliphatic hydroxyl groups excluding tert-OH is 1. The predicted molar refractivity (Wildman–Crippen MR) is 49.4 cm³/mol. The lowest BCUT2D eigenvalue weighted by atomic mass is 10.2. The fourth-order valence-electron chi connectivity index (χ4n) is 1.05. The van der Waals surface area contributed by atoms with Crippen LogP contribution in [-0.4, -0.2) is 10.1 Å². The molecule has 12 heavy (non-hydrogen) atoms. The number of aromatic nitrogens is 1. The van der Waals surface area contributed by atoms with Gasteiger partial charge < -0.3 is 5.11 Å². The van der Waals surface area contributed by atoms with Crippen molar-refractivity contribution in [1.29, 1.82) is 0 Å². The van der Waals surface area contributed by atoms with Gasteiger partial charge in [0.05, 0.1) is 16.3 Å². The minimum absolute atomic E-state index is 0.0176. The highest BCUT2D eigenvalue weighted by atomic mass is 35.5. The Morgan fingerprint density at radius 3 is 3.17 bits per heavy atom. The Kier molecular flexibility index (Phi) is 2.00. The molecule has 1 N–H and O–H groups in total. The monoisotopic (exact) mass is 198 g/mol. The molecule has 0 amide bonds. The van der Waals surface area contributed by atoms with E-state index in [1.165, 1.54) is 11.3 Å². The summed E-state index contributed by atoms with van der Waals surface area (Å²) in [4.78, 5) is 3.98. The molecule has 0 saturated carbocycles. The first-order valence-electron chi connectivity index (χ1n) is 3.37. The molecule has 0 unspecified atom stereocenters. The highest BCUT2D eigenvalue weighted by Crippen LogP contribution is 2.28. The fraction of sp³-hybridized carbons (Fsp3) is 0.125. The maximum absolute atomic E-state index is 8.97. The third kappa shape index (κ3) is 1.10. The van der Waals surface area contributed by atoms with Crippen LogP contribution >= 0.6 is 22.9 Å². The lowest BCUT2D eigenvalue weighted by Gasteiger charge is -1.97. The van der Waals surface area contributed by atoms with Gasteiger partial charge >= 0.3 is 0 Å². The average molecular weight is 199 g/mol. The van der Waals surface area contributed by atoms with Gasteiger partial charge in [-0.15, -0.1) is 11.3 Å². The van der Waals surface area contributed by atoms with E-state index in [-0.39, 0.29) is 6.61 Å². The molecule has 0 fully saturated rings. The van der Waals surface area contributed by atoms with Crippen LogP contribution in [0.25, 0.3) is 10.2 Å². The van der Waals surface area contributed by atoms with Crippen LogP contribution in [0.2, 0.25) is 5.02 Å². The minimum Gasteiger partial charge on any atom is -0.392 e. The average Bonchev–Trinajstić information content (AvgIpc) is 2.54. The van der Waals surface area contributed by atoms with Gasteiger partial charge in [-0.05, 0) is 11.6 Å². The molecule has 0 aliphatic carbocycles. The summed E-state index contributed by atoms with van der Waals surface area (Å²) in [7, 11) is 0. The second-order valence-corrected chi connectivity index (χ2v) is 3.55. The van der Waals surface area contributed by atoms with E-state index in [0.717, 1.165) is 15.8 Å². The topological polar surface area (TPSA) is 33.1 Å². The molecule has 61 valence electrons. The molecule has 0 bridgehead atoms. The summed E-state index contributed by atoms with van der Waals surface area (Å²) < 4.78 is 0.921. The first-order valence-corrected chi connectivity index (χ1v) is 4.57. The van der Waals surface area contributed by atoms with Crippen molar-refractivity contribution in [2.45, 2.75) is 6.61 Å². The van der Waals surface area contributed by atoms with Crippen LogP contribution in [0.4, 0.5) is 0 Å². The largest absolute Gasteiger partial charge is 0.392 e. The third-order valence-electron chi connectivity index (χ3n) is 1.64. The molecule has 0 aliphatic rings. The van der Waals surface area contributed by atoms with E-state index in [9.17, 15) is 0 Å². The number of nitrogens with zero attached hydrogens (tertiary/aromatic N) is 1. The number of thiazole rings is 1. The first-order chi connectivity index (χ1) is 5.83. The van der Waals surface area contributed by atoms with E-state index < -0.39 is 0 Å². The fourth-order valence-corrected chi connectivity index (χ4v) is 2.05. The molecule has 0 aliphatic heterocycles. The molecule has 1 aromatic heterocycles. The van der Waals surface area contributed by atoms with Gasteiger partial charge in [0.25, 0.3) is 0 Å². The SMILES string of the molecule is OCc1ccc(Cl)c2n[c]sc12. The Bertz CT molecular complexity index is 412. The van der Waals surface area contributed by atoms with Crippen LogP contribution in [-0.2, 0) is 6.61 Å². The van der Waals surface area contributed by atoms with Crippen LogP contribution in [0.3, 0.4) is 0 Å². The Labute approximate surface area is 78.4 Å². The Morgan fingerprint density at radius 1 is 1.58 bits per heavy atom. The van der Waals surface area contributed by atoms with E-state index in [4.69, 9.17) is 16.7 Å². The molecule has 0 spiro atoms. The second-order valence-electron chi connectivity index (χ2n) is 2.35. The van der Waals surface area contributed by atoms with Gasteiger partial charge in [0.15, 0.2) is 5.51 Å². The number of hydrogen-bond acceptors (Lipinski definition) is 3. The third-order valence-corrected chi connectivity index (χ3v) is 2.79. The van der Waals surface area contributed by atoms with Crippen molar-refractivity contribution in [3.05, 3.63) is 28.2 Å². The standard InChI is InChI=1S/C8H5ClNOS/c9-6-2-1-5(3-11)8-7(6)10-4-12-8/h1-2,11H,3H2. The summed E-state index contributed by atoms with van der Waals surface area (Å²) in [5.74, 6) is 0. The lowest BCUT2D eigenvalue weighted by Crippen LogP contribution is -1.82. The van der Waals surface area contributed by atoms with E-state index in [0.29, 0.717) is 5.02 Å². The summed E-state index contributed by atoms with van der Waals surface area (Å²) in [6.45, 7) is 0.0176. The van der Waals surface area contributed by atoms with Crippen molar-refractivity contribution < 1.29 is 5.11 Å². The quantitative estimate of drug-likeness (QED) is 0.763. The molecular formula is C8H5ClNOS. The number of rotatable bonds is 1. The summed E-state index contributed by atoms with van der Waals surface area (Å²) in [6, 6.07) is 3.54. The van der Waals surface area contributed by atoms with Gasteiger partial charge in [0.1, 0.15) is 5.52 Å². The lowest BCUT2D eigenvalue weighted by molar-refractivity contribution is 0.283. The van der Waals surface area contributed by atoms with Gasteiger partial charge in [-0.2, -0.15) is 0 Å². The highest BCUT2D eigenvalue weighted by Gasteiger charge is 2.06. The van der Waals surface area contributed by atoms with E-state index >= 15 is 0 Å². The molecule has 4 heteroatoms. The van der Waals surface area contributed by atoms with Crippen molar-refractivity contribution in [2.75, 3.05) is 0 Å². The molecule has 2 rings (SSSR count). The summed E-state index contributed by atoms with van der Waals surface area (Å²) in [6.07, 6.45) is 0. The number of benzene rings is 1. The van der Waals surface area contributed by atoms with Crippen LogP contribution in [0.15, 0.2) is 12.1 Å². The zero-order valence-corrected chi connectivity index (χ0v) is 7.61. The maximum atomic E-state index is 8.97. The molecule has 0 atom stereocenters. The van der Waals surface area contributed by atoms with Crippen molar-refractivity contribution in [3.63, 3.8) is 0 Å². The summed E-state index contributed by atoms with van der Waals surface area (Å²) in [5.41, 5.74) is 4.33. The van der Waals surface area contributed by atoms with Crippen molar-refractivity contribution in [2.24, 2.45) is 0 Å². The Balaban J connectivity index is 2.82. The predicted octanol–water partition coefficient (Wildman–Crippen LogP) is 2.24. The smallest absolute Gasteiger partial charge is 0.153 e. The van der Waals surface area contributed by atoms with Gasteiger partial charge in [0.2, 0.25) is 0 Å². The van der Waals surface area contributed by atoms with Crippen molar-refractivity contribution in [3.8, 4) is 0 Å². The van der Waals surface area contributed by atoms with Gasteiger partial charge in [-0.25, -0.2) is 4.98 Å². The van der Waals surface area contributed by atoms with Crippen LogP contribution < -0.4 is 0 Å². The Morgan fingerprint density at radius 2 is 2.42 bits per heavy atom. The molecular weight excluding hydrogens is 194 g/mol. The van der Waals surface area contributed by atoms with Gasteiger partial charge in [0, 0.05) is 0 Å². The first kappa shape index (κ1) is 7.98. The molecule has 1 heterocycles.